The lowest BCUT2D eigenvalue weighted by Crippen LogP contribution is -2.54. The van der Waals surface area contributed by atoms with Crippen molar-refractivity contribution in [3.63, 3.8) is 0 Å². The number of hydrogen-bond acceptors (Lipinski definition) is 4. The van der Waals surface area contributed by atoms with E-state index < -0.39 is 0 Å². The maximum atomic E-state index is 11.9. The average Bonchev–Trinajstić information content (AvgIpc) is 2.62. The maximum absolute atomic E-state index is 11.9. The van der Waals surface area contributed by atoms with E-state index in [1.165, 1.54) is 0 Å². The number of carbonyl (C=O) groups excluding carboxylic acids is 2. The van der Waals surface area contributed by atoms with Crippen LogP contribution < -0.4 is 5.32 Å². The minimum absolute atomic E-state index is 0.0888. The van der Waals surface area contributed by atoms with E-state index in [0.717, 1.165) is 24.9 Å². The molecule has 2 fully saturated rings. The number of aldehydes is 1. The van der Waals surface area contributed by atoms with Gasteiger partial charge in [-0.05, 0) is 19.9 Å². The summed E-state index contributed by atoms with van der Waals surface area (Å²) in [6.45, 7) is 0. The molecule has 0 aromatic rings. The second-order valence-corrected chi connectivity index (χ2v) is 4.87. The first-order valence-electron chi connectivity index (χ1n) is 4.84. The molecule has 5 heteroatoms. The molecule has 1 amide bonds. The Kier molecular flexibility index (Phi) is 2.78. The molecule has 0 spiro atoms. The Balaban J connectivity index is 2.16. The number of rotatable bonds is 2. The molecule has 0 aromatic heterocycles. The highest BCUT2D eigenvalue weighted by molar-refractivity contribution is 8.00. The SMILES string of the molecule is CNC1CSC2CCC(C=O)N2C1=O. The van der Waals surface area contributed by atoms with Crippen LogP contribution in [0.5, 0.6) is 0 Å². The van der Waals surface area contributed by atoms with Crippen LogP contribution in [-0.2, 0) is 9.59 Å². The van der Waals surface area contributed by atoms with Crippen LogP contribution in [-0.4, -0.2) is 47.4 Å². The van der Waals surface area contributed by atoms with E-state index >= 15 is 0 Å². The highest BCUT2D eigenvalue weighted by Gasteiger charge is 2.43. The van der Waals surface area contributed by atoms with Crippen LogP contribution >= 0.6 is 11.8 Å². The summed E-state index contributed by atoms with van der Waals surface area (Å²) in [6.07, 6.45) is 2.68. The molecule has 14 heavy (non-hydrogen) atoms. The van der Waals surface area contributed by atoms with Gasteiger partial charge < -0.3 is 15.0 Å². The predicted molar refractivity (Wildman–Crippen MR) is 55.0 cm³/mol. The number of fused-ring (bicyclic) bond motifs is 1. The van der Waals surface area contributed by atoms with Crippen molar-refractivity contribution in [2.24, 2.45) is 0 Å². The van der Waals surface area contributed by atoms with Gasteiger partial charge in [0.1, 0.15) is 6.29 Å². The second kappa shape index (κ2) is 3.90. The van der Waals surface area contributed by atoms with Crippen molar-refractivity contribution in [2.75, 3.05) is 12.8 Å². The van der Waals surface area contributed by atoms with Crippen molar-refractivity contribution in [1.29, 1.82) is 0 Å². The van der Waals surface area contributed by atoms with Crippen LogP contribution in [0.3, 0.4) is 0 Å². The van der Waals surface area contributed by atoms with E-state index in [-0.39, 0.29) is 23.4 Å². The van der Waals surface area contributed by atoms with Crippen molar-refractivity contribution < 1.29 is 9.59 Å². The summed E-state index contributed by atoms with van der Waals surface area (Å²) in [5, 5.41) is 3.22. The molecule has 2 rings (SSSR count). The van der Waals surface area contributed by atoms with Gasteiger partial charge >= 0.3 is 0 Å². The molecule has 2 aliphatic rings. The molecular weight excluding hydrogens is 200 g/mol. The van der Waals surface area contributed by atoms with Gasteiger partial charge in [-0.1, -0.05) is 0 Å². The minimum atomic E-state index is -0.184. The monoisotopic (exact) mass is 214 g/mol. The van der Waals surface area contributed by atoms with Crippen molar-refractivity contribution in [3.8, 4) is 0 Å². The zero-order valence-electron chi connectivity index (χ0n) is 8.10. The molecule has 2 heterocycles. The minimum Gasteiger partial charge on any atom is -0.320 e. The van der Waals surface area contributed by atoms with E-state index in [1.54, 1.807) is 23.7 Å². The standard InChI is InChI=1S/C9H14N2O2S/c1-10-7-5-14-8-3-2-6(4-12)11(8)9(7)13/h4,6-8,10H,2-3,5H2,1H3. The first-order chi connectivity index (χ1) is 6.77. The van der Waals surface area contributed by atoms with Crippen molar-refractivity contribution in [1.82, 2.24) is 10.2 Å². The fourth-order valence-electron chi connectivity index (χ4n) is 2.07. The van der Waals surface area contributed by atoms with Gasteiger partial charge in [-0.3, -0.25) is 4.79 Å². The topological polar surface area (TPSA) is 49.4 Å². The number of carbonyl (C=O) groups is 2. The third-order valence-corrected chi connectivity index (χ3v) is 4.26. The largest absolute Gasteiger partial charge is 0.320 e. The molecule has 2 saturated heterocycles. The Hall–Kier alpha value is -0.550. The molecule has 2 aliphatic heterocycles. The van der Waals surface area contributed by atoms with Crippen LogP contribution in [0.25, 0.3) is 0 Å². The highest BCUT2D eigenvalue weighted by atomic mass is 32.2. The summed E-state index contributed by atoms with van der Waals surface area (Å²) >= 11 is 1.77. The zero-order valence-corrected chi connectivity index (χ0v) is 8.92. The van der Waals surface area contributed by atoms with Gasteiger partial charge in [-0.25, -0.2) is 0 Å². The molecule has 0 aliphatic carbocycles. The van der Waals surface area contributed by atoms with Crippen LogP contribution in [0.4, 0.5) is 0 Å². The Morgan fingerprint density at radius 3 is 3.00 bits per heavy atom. The number of amides is 1. The Morgan fingerprint density at radius 2 is 2.36 bits per heavy atom. The number of hydrogen-bond donors (Lipinski definition) is 1. The van der Waals surface area contributed by atoms with Gasteiger partial charge in [-0.2, -0.15) is 0 Å². The summed E-state index contributed by atoms with van der Waals surface area (Å²) < 4.78 is 0. The molecule has 3 atom stereocenters. The normalized spacial score (nSPS) is 37.1. The molecule has 0 aromatic carbocycles. The second-order valence-electron chi connectivity index (χ2n) is 3.66. The smallest absolute Gasteiger partial charge is 0.242 e. The molecule has 3 unspecified atom stereocenters. The quantitative estimate of drug-likeness (QED) is 0.649. The lowest BCUT2D eigenvalue weighted by molar-refractivity contribution is -0.137. The fraction of sp³-hybridized carbons (Fsp3) is 0.778. The van der Waals surface area contributed by atoms with Crippen molar-refractivity contribution in [3.05, 3.63) is 0 Å². The summed E-state index contributed by atoms with van der Waals surface area (Å²) in [5.41, 5.74) is 0. The molecular formula is C9H14N2O2S. The van der Waals surface area contributed by atoms with E-state index in [4.69, 9.17) is 0 Å². The molecule has 0 radical (unpaired) electrons. The lowest BCUT2D eigenvalue weighted by Gasteiger charge is -2.35. The van der Waals surface area contributed by atoms with Gasteiger partial charge in [0, 0.05) is 5.75 Å². The Morgan fingerprint density at radius 1 is 1.57 bits per heavy atom. The molecule has 4 nitrogen and oxygen atoms in total. The molecule has 78 valence electrons. The van der Waals surface area contributed by atoms with Crippen LogP contribution in [0.2, 0.25) is 0 Å². The first kappa shape index (κ1) is 9.98. The summed E-state index contributed by atoms with van der Waals surface area (Å²) in [4.78, 5) is 24.4. The Bertz CT molecular complexity index is 259. The third-order valence-electron chi connectivity index (χ3n) is 2.89. The van der Waals surface area contributed by atoms with Crippen LogP contribution in [0.1, 0.15) is 12.8 Å². The van der Waals surface area contributed by atoms with Gasteiger partial charge in [-0.15, -0.1) is 11.8 Å². The highest BCUT2D eigenvalue weighted by Crippen LogP contribution is 2.35. The van der Waals surface area contributed by atoms with Gasteiger partial charge in [0.05, 0.1) is 17.5 Å². The summed E-state index contributed by atoms with van der Waals surface area (Å²) in [5.74, 6) is 0.910. The van der Waals surface area contributed by atoms with E-state index in [2.05, 4.69) is 5.32 Å². The number of nitrogens with one attached hydrogen (secondary N) is 1. The number of thioether (sulfide) groups is 1. The van der Waals surface area contributed by atoms with Gasteiger partial charge in [0.25, 0.3) is 0 Å². The summed E-state index contributed by atoms with van der Waals surface area (Å²) in [7, 11) is 1.79. The van der Waals surface area contributed by atoms with Gasteiger partial charge in [0.2, 0.25) is 5.91 Å². The van der Waals surface area contributed by atoms with Crippen molar-refractivity contribution in [2.45, 2.75) is 30.3 Å². The third kappa shape index (κ3) is 1.44. The summed E-state index contributed by atoms with van der Waals surface area (Å²) in [6, 6.07) is -0.298. The van der Waals surface area contributed by atoms with Gasteiger partial charge in [0.15, 0.2) is 0 Å². The van der Waals surface area contributed by atoms with Crippen LogP contribution in [0.15, 0.2) is 0 Å². The van der Waals surface area contributed by atoms with E-state index in [0.29, 0.717) is 0 Å². The predicted octanol–water partition coefficient (Wildman–Crippen LogP) is -0.163. The number of likely N-dealkylation sites (N-methyl/N-ethyl adjacent to an activating group) is 1. The average molecular weight is 214 g/mol. The van der Waals surface area contributed by atoms with Crippen molar-refractivity contribution >= 4 is 24.0 Å². The zero-order chi connectivity index (χ0) is 10.1. The lowest BCUT2D eigenvalue weighted by atomic mass is 10.2. The number of nitrogens with zero attached hydrogens (tertiary/aromatic N) is 1. The molecule has 1 N–H and O–H groups in total. The molecule has 0 saturated carbocycles. The van der Waals surface area contributed by atoms with E-state index in [9.17, 15) is 9.59 Å². The Labute approximate surface area is 87.4 Å². The maximum Gasteiger partial charge on any atom is 0.242 e. The fourth-order valence-corrected chi connectivity index (χ4v) is 3.52. The van der Waals surface area contributed by atoms with E-state index in [1.807, 2.05) is 0 Å². The first-order valence-corrected chi connectivity index (χ1v) is 5.89. The van der Waals surface area contributed by atoms with Crippen LogP contribution in [0, 0.1) is 0 Å². The molecule has 0 bridgehead atoms.